The van der Waals surface area contributed by atoms with Crippen LogP contribution in [0.1, 0.15) is 25.0 Å². The van der Waals surface area contributed by atoms with E-state index in [1.165, 1.54) is 0 Å². The van der Waals surface area contributed by atoms with Crippen LogP contribution in [0.4, 0.5) is 24.9 Å². The van der Waals surface area contributed by atoms with Gasteiger partial charge in [0, 0.05) is 12.6 Å². The second-order valence-corrected chi connectivity index (χ2v) is 5.46. The number of nitrogens with zero attached hydrogens (tertiary/aromatic N) is 3. The zero-order valence-corrected chi connectivity index (χ0v) is 12.0. The molecule has 0 bridgehead atoms. The maximum atomic E-state index is 12.6. The lowest BCUT2D eigenvalue weighted by Crippen LogP contribution is -2.30. The van der Waals surface area contributed by atoms with Crippen molar-refractivity contribution in [3.8, 4) is 0 Å². The third-order valence-corrected chi connectivity index (χ3v) is 3.73. The molecule has 0 radical (unpaired) electrons. The second-order valence-electron chi connectivity index (χ2n) is 5.46. The van der Waals surface area contributed by atoms with E-state index in [4.69, 9.17) is 5.73 Å². The molecule has 8 heteroatoms. The normalized spacial score (nSPS) is 17.9. The van der Waals surface area contributed by atoms with Gasteiger partial charge < -0.3 is 16.0 Å². The highest BCUT2D eigenvalue weighted by atomic mass is 19.4. The predicted octanol–water partition coefficient (Wildman–Crippen LogP) is 2.22. The molecule has 1 aliphatic rings. The van der Waals surface area contributed by atoms with Crippen LogP contribution in [0.15, 0.2) is 6.07 Å². The van der Waals surface area contributed by atoms with Crippen LogP contribution in [0, 0.1) is 5.92 Å². The number of piperidine rings is 1. The van der Waals surface area contributed by atoms with Gasteiger partial charge in [-0.05, 0) is 45.3 Å². The van der Waals surface area contributed by atoms with Crippen LogP contribution in [0.25, 0.3) is 0 Å². The molecule has 0 atom stereocenters. The first-order valence-electron chi connectivity index (χ1n) is 6.99. The van der Waals surface area contributed by atoms with E-state index in [0.717, 1.165) is 38.4 Å². The smallest absolute Gasteiger partial charge is 0.370 e. The average Bonchev–Trinajstić information content (AvgIpc) is 2.39. The van der Waals surface area contributed by atoms with Crippen LogP contribution in [0.3, 0.4) is 0 Å². The van der Waals surface area contributed by atoms with Gasteiger partial charge in [-0.3, -0.25) is 0 Å². The van der Waals surface area contributed by atoms with Gasteiger partial charge >= 0.3 is 6.18 Å². The second kappa shape index (κ2) is 6.46. The van der Waals surface area contributed by atoms with Gasteiger partial charge in [-0.15, -0.1) is 0 Å². The third-order valence-electron chi connectivity index (χ3n) is 3.73. The van der Waals surface area contributed by atoms with Crippen molar-refractivity contribution < 1.29 is 13.2 Å². The van der Waals surface area contributed by atoms with Crippen molar-refractivity contribution in [1.29, 1.82) is 0 Å². The number of nitrogens with one attached hydrogen (secondary N) is 1. The highest BCUT2D eigenvalue weighted by molar-refractivity contribution is 5.41. The fourth-order valence-corrected chi connectivity index (χ4v) is 2.46. The van der Waals surface area contributed by atoms with Gasteiger partial charge in [0.25, 0.3) is 0 Å². The molecule has 2 rings (SSSR count). The van der Waals surface area contributed by atoms with E-state index in [1.807, 2.05) is 0 Å². The van der Waals surface area contributed by atoms with Crippen LogP contribution in [-0.4, -0.2) is 41.5 Å². The van der Waals surface area contributed by atoms with E-state index in [0.29, 0.717) is 12.5 Å². The quantitative estimate of drug-likeness (QED) is 0.893. The lowest BCUT2D eigenvalue weighted by Gasteiger charge is -2.28. The summed E-state index contributed by atoms with van der Waals surface area (Å²) in [4.78, 5) is 9.28. The van der Waals surface area contributed by atoms with Crippen molar-refractivity contribution in [1.82, 2.24) is 14.9 Å². The number of halogens is 3. The lowest BCUT2D eigenvalue weighted by atomic mass is 9.94. The van der Waals surface area contributed by atoms with Gasteiger partial charge in [0.15, 0.2) is 5.69 Å². The lowest BCUT2D eigenvalue weighted by molar-refractivity contribution is -0.141. The molecule has 3 N–H and O–H groups in total. The number of hydrogen-bond acceptors (Lipinski definition) is 5. The van der Waals surface area contributed by atoms with Crippen LogP contribution in [-0.2, 0) is 6.18 Å². The summed E-state index contributed by atoms with van der Waals surface area (Å²) in [7, 11) is 2.09. The monoisotopic (exact) mass is 303 g/mol. The highest BCUT2D eigenvalue weighted by Crippen LogP contribution is 2.29. The Morgan fingerprint density at radius 1 is 1.33 bits per heavy atom. The summed E-state index contributed by atoms with van der Waals surface area (Å²) >= 11 is 0. The molecule has 1 saturated heterocycles. The Labute approximate surface area is 121 Å². The van der Waals surface area contributed by atoms with E-state index < -0.39 is 11.9 Å². The Balaban J connectivity index is 1.87. The first-order valence-corrected chi connectivity index (χ1v) is 6.99. The van der Waals surface area contributed by atoms with Crippen molar-refractivity contribution in [2.24, 2.45) is 5.92 Å². The first-order chi connectivity index (χ1) is 9.84. The Kier molecular flexibility index (Phi) is 4.87. The Bertz CT molecular complexity index is 469. The van der Waals surface area contributed by atoms with Gasteiger partial charge in [0.2, 0.25) is 5.95 Å². The average molecular weight is 303 g/mol. The molecule has 1 fully saturated rings. The molecular weight excluding hydrogens is 283 g/mol. The highest BCUT2D eigenvalue weighted by Gasteiger charge is 2.33. The van der Waals surface area contributed by atoms with E-state index in [9.17, 15) is 13.2 Å². The minimum atomic E-state index is -4.51. The number of aromatic nitrogens is 2. The largest absolute Gasteiger partial charge is 0.433 e. The summed E-state index contributed by atoms with van der Waals surface area (Å²) in [5.74, 6) is 0.365. The number of likely N-dealkylation sites (tertiary alicyclic amines) is 1. The molecule has 1 aromatic heterocycles. The number of alkyl halides is 3. The summed E-state index contributed by atoms with van der Waals surface area (Å²) in [5.41, 5.74) is 4.30. The Hall–Kier alpha value is -1.57. The zero-order chi connectivity index (χ0) is 15.5. The Morgan fingerprint density at radius 2 is 2.00 bits per heavy atom. The van der Waals surface area contributed by atoms with Crippen molar-refractivity contribution in [2.75, 3.05) is 37.7 Å². The molecule has 0 saturated carbocycles. The number of nitrogens with two attached hydrogens (primary N) is 1. The molecule has 1 aromatic rings. The van der Waals surface area contributed by atoms with Crippen LogP contribution in [0.2, 0.25) is 0 Å². The summed E-state index contributed by atoms with van der Waals surface area (Å²) < 4.78 is 37.9. The van der Waals surface area contributed by atoms with Crippen molar-refractivity contribution in [2.45, 2.75) is 25.4 Å². The molecule has 0 amide bonds. The maximum Gasteiger partial charge on any atom is 0.433 e. The molecule has 21 heavy (non-hydrogen) atoms. The fraction of sp³-hybridized carbons (Fsp3) is 0.692. The predicted molar refractivity (Wildman–Crippen MR) is 74.8 cm³/mol. The van der Waals surface area contributed by atoms with Gasteiger partial charge in [-0.1, -0.05) is 0 Å². The summed E-state index contributed by atoms with van der Waals surface area (Å²) in [6.45, 7) is 2.73. The van der Waals surface area contributed by atoms with Crippen molar-refractivity contribution >= 4 is 11.8 Å². The van der Waals surface area contributed by atoms with Crippen molar-refractivity contribution in [3.05, 3.63) is 11.8 Å². The van der Waals surface area contributed by atoms with Gasteiger partial charge in [0.05, 0.1) is 0 Å². The molecule has 1 aliphatic heterocycles. The van der Waals surface area contributed by atoms with E-state index in [1.54, 1.807) is 0 Å². The molecule has 118 valence electrons. The Morgan fingerprint density at radius 3 is 2.62 bits per heavy atom. The minimum Gasteiger partial charge on any atom is -0.370 e. The van der Waals surface area contributed by atoms with E-state index >= 15 is 0 Å². The molecule has 0 aliphatic carbocycles. The van der Waals surface area contributed by atoms with E-state index in [-0.39, 0.29) is 11.8 Å². The molecule has 0 aromatic carbocycles. The molecule has 5 nitrogen and oxygen atoms in total. The third kappa shape index (κ3) is 4.73. The van der Waals surface area contributed by atoms with Crippen LogP contribution in [0.5, 0.6) is 0 Å². The number of nitrogen functional groups attached to an aromatic ring is 1. The minimum absolute atomic E-state index is 0.128. The van der Waals surface area contributed by atoms with Crippen LogP contribution < -0.4 is 11.1 Å². The number of hydrogen-bond donors (Lipinski definition) is 2. The fourth-order valence-electron chi connectivity index (χ4n) is 2.46. The zero-order valence-electron chi connectivity index (χ0n) is 12.0. The van der Waals surface area contributed by atoms with Crippen molar-refractivity contribution in [3.63, 3.8) is 0 Å². The first kappa shape index (κ1) is 15.8. The molecule has 2 heterocycles. The van der Waals surface area contributed by atoms with E-state index in [2.05, 4.69) is 27.2 Å². The molecular formula is C13H20F3N5. The summed E-state index contributed by atoms with van der Waals surface area (Å²) in [6.07, 6.45) is -1.35. The topological polar surface area (TPSA) is 67.1 Å². The van der Waals surface area contributed by atoms with Gasteiger partial charge in [-0.2, -0.15) is 18.2 Å². The van der Waals surface area contributed by atoms with Gasteiger partial charge in [-0.25, -0.2) is 4.98 Å². The van der Waals surface area contributed by atoms with Gasteiger partial charge in [0.1, 0.15) is 5.82 Å². The summed E-state index contributed by atoms with van der Waals surface area (Å²) in [5, 5.41) is 2.91. The maximum absolute atomic E-state index is 12.6. The van der Waals surface area contributed by atoms with Crippen LogP contribution >= 0.6 is 0 Å². The molecule has 0 spiro atoms. The number of anilines is 2. The summed E-state index contributed by atoms with van der Waals surface area (Å²) in [6, 6.07) is 0.894. The molecule has 0 unspecified atom stereocenters. The standard InChI is InChI=1S/C13H20F3N5/c1-21-6-3-9(4-7-21)2-5-18-11-8-10(13(14,15)16)19-12(17)20-11/h8-9H,2-7H2,1H3,(H3,17,18,19,20). The number of rotatable bonds is 4. The SMILES string of the molecule is CN1CCC(CCNc2cc(C(F)(F)F)nc(N)n2)CC1.